The Hall–Kier alpha value is -2.24. The maximum absolute atomic E-state index is 12.5. The van der Waals surface area contributed by atoms with Gasteiger partial charge in [-0.2, -0.15) is 0 Å². The number of carboxylic acids is 1. The number of carboxylic acid groups (broad SMARTS) is 1. The minimum absolute atomic E-state index is 0.147. The molecule has 0 aliphatic carbocycles. The van der Waals surface area contributed by atoms with Crippen molar-refractivity contribution in [3.8, 4) is 11.5 Å². The average Bonchev–Trinajstić information content (AvgIpc) is 2.93. The molecule has 1 unspecified atom stereocenters. The number of likely N-dealkylation sites (tertiary alicyclic amines) is 1. The van der Waals surface area contributed by atoms with E-state index < -0.39 is 12.0 Å². The summed E-state index contributed by atoms with van der Waals surface area (Å²) in [6.07, 6.45) is 2.17. The van der Waals surface area contributed by atoms with Crippen LogP contribution >= 0.6 is 0 Å². The number of piperidine rings is 1. The van der Waals surface area contributed by atoms with E-state index >= 15 is 0 Å². The summed E-state index contributed by atoms with van der Waals surface area (Å²) < 4.78 is 10.4. The number of amides is 1. The van der Waals surface area contributed by atoms with E-state index in [1.165, 1.54) is 4.90 Å². The number of hydrogen-bond acceptors (Lipinski definition) is 4. The predicted octanol–water partition coefficient (Wildman–Crippen LogP) is 1.49. The zero-order chi connectivity index (χ0) is 14.1. The SMILES string of the molecule is O=C(O)C1CCCCN1C(=O)c1ccc2c(c1)OCO2. The van der Waals surface area contributed by atoms with Gasteiger partial charge in [-0.1, -0.05) is 0 Å². The second kappa shape index (κ2) is 5.03. The van der Waals surface area contributed by atoms with Crippen molar-refractivity contribution in [1.82, 2.24) is 4.90 Å². The zero-order valence-corrected chi connectivity index (χ0v) is 10.9. The fourth-order valence-corrected chi connectivity index (χ4v) is 2.63. The Morgan fingerprint density at radius 2 is 2.00 bits per heavy atom. The second-order valence-electron chi connectivity index (χ2n) is 4.92. The highest BCUT2D eigenvalue weighted by Crippen LogP contribution is 2.33. The molecule has 0 radical (unpaired) electrons. The summed E-state index contributed by atoms with van der Waals surface area (Å²) in [4.78, 5) is 25.2. The van der Waals surface area contributed by atoms with Crippen molar-refractivity contribution in [2.24, 2.45) is 0 Å². The molecule has 1 fully saturated rings. The number of nitrogens with zero attached hydrogens (tertiary/aromatic N) is 1. The van der Waals surface area contributed by atoms with Crippen LogP contribution in [0.15, 0.2) is 18.2 Å². The molecule has 20 heavy (non-hydrogen) atoms. The minimum Gasteiger partial charge on any atom is -0.480 e. The van der Waals surface area contributed by atoms with Crippen molar-refractivity contribution < 1.29 is 24.2 Å². The van der Waals surface area contributed by atoms with Gasteiger partial charge in [-0.25, -0.2) is 4.79 Å². The van der Waals surface area contributed by atoms with Gasteiger partial charge in [-0.05, 0) is 37.5 Å². The highest BCUT2D eigenvalue weighted by molar-refractivity contribution is 5.97. The quantitative estimate of drug-likeness (QED) is 0.886. The fraction of sp³-hybridized carbons (Fsp3) is 0.429. The highest BCUT2D eigenvalue weighted by Gasteiger charge is 2.32. The van der Waals surface area contributed by atoms with Crippen LogP contribution in [0.25, 0.3) is 0 Å². The molecule has 1 amide bonds. The van der Waals surface area contributed by atoms with E-state index in [1.807, 2.05) is 0 Å². The van der Waals surface area contributed by atoms with Gasteiger partial charge < -0.3 is 19.5 Å². The average molecular weight is 277 g/mol. The lowest BCUT2D eigenvalue weighted by molar-refractivity contribution is -0.143. The summed E-state index contributed by atoms with van der Waals surface area (Å²) in [6, 6.07) is 4.19. The standard InChI is InChI=1S/C14H15NO5/c16-13(15-6-2-1-3-10(15)14(17)18)9-4-5-11-12(7-9)20-8-19-11/h4-5,7,10H,1-3,6,8H2,(H,17,18). The summed E-state index contributed by atoms with van der Waals surface area (Å²) in [6.45, 7) is 0.624. The van der Waals surface area contributed by atoms with Crippen LogP contribution in [-0.2, 0) is 4.79 Å². The fourth-order valence-electron chi connectivity index (χ4n) is 2.63. The number of rotatable bonds is 2. The van der Waals surface area contributed by atoms with E-state index in [0.717, 1.165) is 12.8 Å². The van der Waals surface area contributed by atoms with E-state index in [1.54, 1.807) is 18.2 Å². The van der Waals surface area contributed by atoms with Gasteiger partial charge in [0.2, 0.25) is 6.79 Å². The molecule has 1 N–H and O–H groups in total. The molecule has 1 aromatic carbocycles. The first-order chi connectivity index (χ1) is 9.66. The number of aliphatic carboxylic acids is 1. The van der Waals surface area contributed by atoms with Gasteiger partial charge in [0.15, 0.2) is 11.5 Å². The number of hydrogen-bond donors (Lipinski definition) is 1. The van der Waals surface area contributed by atoms with Crippen LogP contribution in [0.1, 0.15) is 29.6 Å². The summed E-state index contributed by atoms with van der Waals surface area (Å²) in [7, 11) is 0. The van der Waals surface area contributed by atoms with Crippen LogP contribution in [0.3, 0.4) is 0 Å². The molecular weight excluding hydrogens is 262 g/mol. The van der Waals surface area contributed by atoms with Crippen molar-refractivity contribution in [2.45, 2.75) is 25.3 Å². The number of carbonyl (C=O) groups excluding carboxylic acids is 1. The molecule has 1 aromatic rings. The number of fused-ring (bicyclic) bond motifs is 1. The lowest BCUT2D eigenvalue weighted by atomic mass is 10.0. The van der Waals surface area contributed by atoms with Crippen LogP contribution < -0.4 is 9.47 Å². The van der Waals surface area contributed by atoms with Gasteiger partial charge in [0.05, 0.1) is 0 Å². The van der Waals surface area contributed by atoms with Crippen LogP contribution in [0.5, 0.6) is 11.5 Å². The lowest BCUT2D eigenvalue weighted by Gasteiger charge is -2.33. The molecule has 1 saturated heterocycles. The molecule has 3 rings (SSSR count). The first-order valence-corrected chi connectivity index (χ1v) is 6.60. The Balaban J connectivity index is 1.85. The first-order valence-electron chi connectivity index (χ1n) is 6.60. The molecule has 0 spiro atoms. The third kappa shape index (κ3) is 2.17. The molecule has 2 heterocycles. The number of carbonyl (C=O) groups is 2. The van der Waals surface area contributed by atoms with Crippen molar-refractivity contribution in [3.63, 3.8) is 0 Å². The van der Waals surface area contributed by atoms with Crippen LogP contribution in [0, 0.1) is 0 Å². The summed E-state index contributed by atoms with van der Waals surface area (Å²) >= 11 is 0. The van der Waals surface area contributed by atoms with Crippen molar-refractivity contribution in [2.75, 3.05) is 13.3 Å². The smallest absolute Gasteiger partial charge is 0.326 e. The maximum Gasteiger partial charge on any atom is 0.326 e. The maximum atomic E-state index is 12.5. The van der Waals surface area contributed by atoms with Crippen LogP contribution in [0.4, 0.5) is 0 Å². The molecule has 2 aliphatic heterocycles. The minimum atomic E-state index is -0.946. The summed E-state index contributed by atoms with van der Waals surface area (Å²) in [5, 5.41) is 9.22. The Labute approximate surface area is 115 Å². The van der Waals surface area contributed by atoms with E-state index in [-0.39, 0.29) is 12.7 Å². The molecule has 0 bridgehead atoms. The van der Waals surface area contributed by atoms with E-state index in [9.17, 15) is 14.7 Å². The third-order valence-corrected chi connectivity index (χ3v) is 3.67. The normalized spacial score (nSPS) is 20.8. The molecule has 6 nitrogen and oxygen atoms in total. The van der Waals surface area contributed by atoms with Crippen molar-refractivity contribution in [1.29, 1.82) is 0 Å². The van der Waals surface area contributed by atoms with Crippen molar-refractivity contribution >= 4 is 11.9 Å². The molecule has 106 valence electrons. The van der Waals surface area contributed by atoms with Gasteiger partial charge in [-0.15, -0.1) is 0 Å². The van der Waals surface area contributed by atoms with Crippen LogP contribution in [-0.4, -0.2) is 41.3 Å². The molecule has 6 heteroatoms. The van der Waals surface area contributed by atoms with Gasteiger partial charge in [0.25, 0.3) is 5.91 Å². The Morgan fingerprint density at radius 3 is 2.80 bits per heavy atom. The predicted molar refractivity (Wildman–Crippen MR) is 68.9 cm³/mol. The van der Waals surface area contributed by atoms with Crippen LogP contribution in [0.2, 0.25) is 0 Å². The van der Waals surface area contributed by atoms with Crippen molar-refractivity contribution in [3.05, 3.63) is 23.8 Å². The second-order valence-corrected chi connectivity index (χ2v) is 4.92. The summed E-state index contributed by atoms with van der Waals surface area (Å²) in [5.74, 6) is -0.0797. The lowest BCUT2D eigenvalue weighted by Crippen LogP contribution is -2.47. The molecular formula is C14H15NO5. The Morgan fingerprint density at radius 1 is 1.20 bits per heavy atom. The summed E-state index contributed by atoms with van der Waals surface area (Å²) in [5.41, 5.74) is 0.433. The Bertz CT molecular complexity index is 556. The Kier molecular flexibility index (Phi) is 3.22. The first kappa shape index (κ1) is 12.8. The van der Waals surface area contributed by atoms with E-state index in [4.69, 9.17) is 9.47 Å². The van der Waals surface area contributed by atoms with E-state index in [0.29, 0.717) is 30.0 Å². The number of benzene rings is 1. The highest BCUT2D eigenvalue weighted by atomic mass is 16.7. The van der Waals surface area contributed by atoms with Gasteiger partial charge in [0.1, 0.15) is 6.04 Å². The van der Waals surface area contributed by atoms with Gasteiger partial charge >= 0.3 is 5.97 Å². The largest absolute Gasteiger partial charge is 0.480 e. The topological polar surface area (TPSA) is 76.1 Å². The van der Waals surface area contributed by atoms with E-state index in [2.05, 4.69) is 0 Å². The van der Waals surface area contributed by atoms with Gasteiger partial charge in [-0.3, -0.25) is 4.79 Å². The van der Waals surface area contributed by atoms with Gasteiger partial charge in [0, 0.05) is 12.1 Å². The molecule has 0 aromatic heterocycles. The zero-order valence-electron chi connectivity index (χ0n) is 10.9. The molecule has 1 atom stereocenters. The third-order valence-electron chi connectivity index (χ3n) is 3.67. The molecule has 2 aliphatic rings. The molecule has 0 saturated carbocycles. The monoisotopic (exact) mass is 277 g/mol. The number of ether oxygens (including phenoxy) is 2.